The van der Waals surface area contributed by atoms with E-state index in [0.717, 1.165) is 9.87 Å². The van der Waals surface area contributed by atoms with Gasteiger partial charge in [0.25, 0.3) is 10.0 Å². The number of likely N-dealkylation sites (N-methyl/N-ethyl adjacent to an activating group) is 1. The Morgan fingerprint density at radius 2 is 1.62 bits per heavy atom. The molecule has 0 aliphatic carbocycles. The second-order valence-electron chi connectivity index (χ2n) is 9.12. The summed E-state index contributed by atoms with van der Waals surface area (Å²) < 4.78 is 40.2. The van der Waals surface area contributed by atoms with Gasteiger partial charge in [0.1, 0.15) is 25.8 Å². The number of ether oxygens (including phenoxy) is 2. The van der Waals surface area contributed by atoms with Crippen LogP contribution in [0.5, 0.6) is 11.5 Å². The molecule has 1 heterocycles. The minimum absolute atomic E-state index is 0.0257. The minimum atomic E-state index is -4.18. The molecule has 2 amide bonds. The topological polar surface area (TPSA) is 105 Å². The number of nitrogens with one attached hydrogen (secondary N) is 1. The van der Waals surface area contributed by atoms with Gasteiger partial charge >= 0.3 is 0 Å². The SMILES string of the molecule is CCNC(=O)[C@@H](CC)N(Cc1ccc(Cl)cc1)C(=O)CN(c1ccc2c(c1)OCCO2)S(=O)(=O)c1ccccc1. The second-order valence-corrected chi connectivity index (χ2v) is 11.4. The van der Waals surface area contributed by atoms with Crippen LogP contribution in [0.15, 0.2) is 77.7 Å². The fourth-order valence-corrected chi connectivity index (χ4v) is 5.99. The molecule has 3 aromatic rings. The molecule has 0 spiro atoms. The van der Waals surface area contributed by atoms with Crippen molar-refractivity contribution in [3.8, 4) is 11.5 Å². The van der Waals surface area contributed by atoms with Crippen LogP contribution < -0.4 is 19.1 Å². The molecule has 40 heavy (non-hydrogen) atoms. The lowest BCUT2D eigenvalue weighted by Gasteiger charge is -2.33. The van der Waals surface area contributed by atoms with Crippen LogP contribution in [0, 0.1) is 0 Å². The fourth-order valence-electron chi connectivity index (χ4n) is 4.43. The first-order valence-corrected chi connectivity index (χ1v) is 14.9. The summed E-state index contributed by atoms with van der Waals surface area (Å²) in [5.41, 5.74) is 0.983. The standard InChI is InChI=1S/C29H32ClN3O6S/c1-3-25(29(35)31-4-2)32(19-21-10-12-22(30)13-11-21)28(34)20-33(40(36,37)24-8-6-5-7-9-24)23-14-15-26-27(18-23)39-17-16-38-26/h5-15,18,25H,3-4,16-17,19-20H2,1-2H3,(H,31,35)/t25-/m1/s1. The highest BCUT2D eigenvalue weighted by atomic mass is 35.5. The van der Waals surface area contributed by atoms with Crippen molar-refractivity contribution in [3.05, 3.63) is 83.4 Å². The van der Waals surface area contributed by atoms with Gasteiger partial charge < -0.3 is 19.7 Å². The normalized spacial score (nSPS) is 13.3. The molecule has 1 aliphatic heterocycles. The van der Waals surface area contributed by atoms with E-state index in [1.807, 2.05) is 0 Å². The summed E-state index contributed by atoms with van der Waals surface area (Å²) in [4.78, 5) is 28.5. The molecule has 1 aliphatic rings. The highest BCUT2D eigenvalue weighted by Crippen LogP contribution is 2.36. The van der Waals surface area contributed by atoms with Crippen LogP contribution in [-0.4, -0.2) is 57.5 Å². The molecule has 0 saturated heterocycles. The fraction of sp³-hybridized carbons (Fsp3) is 0.310. The van der Waals surface area contributed by atoms with Gasteiger partial charge in [-0.3, -0.25) is 13.9 Å². The van der Waals surface area contributed by atoms with E-state index in [1.54, 1.807) is 74.5 Å². The van der Waals surface area contributed by atoms with Gasteiger partial charge in [0, 0.05) is 24.2 Å². The van der Waals surface area contributed by atoms with Crippen LogP contribution >= 0.6 is 11.6 Å². The molecule has 1 atom stereocenters. The number of hydrogen-bond donors (Lipinski definition) is 1. The molecule has 0 bridgehead atoms. The Labute approximate surface area is 239 Å². The quantitative estimate of drug-likeness (QED) is 0.361. The van der Waals surface area contributed by atoms with E-state index in [4.69, 9.17) is 21.1 Å². The molecular weight excluding hydrogens is 554 g/mol. The van der Waals surface area contributed by atoms with Crippen LogP contribution in [0.25, 0.3) is 0 Å². The number of carbonyl (C=O) groups is 2. The van der Waals surface area contributed by atoms with Crippen LogP contribution in [-0.2, 0) is 26.2 Å². The Hall–Kier alpha value is -3.76. The van der Waals surface area contributed by atoms with E-state index in [1.165, 1.54) is 17.0 Å². The van der Waals surface area contributed by atoms with Gasteiger partial charge in [0.15, 0.2) is 11.5 Å². The Kier molecular flexibility index (Phi) is 9.54. The number of anilines is 1. The molecule has 3 aromatic carbocycles. The average Bonchev–Trinajstić information content (AvgIpc) is 2.97. The molecular formula is C29H32ClN3O6S. The molecule has 11 heteroatoms. The number of halogens is 1. The molecule has 0 aromatic heterocycles. The third kappa shape index (κ3) is 6.68. The van der Waals surface area contributed by atoms with Crippen molar-refractivity contribution in [1.29, 1.82) is 0 Å². The van der Waals surface area contributed by atoms with Gasteiger partial charge in [-0.1, -0.05) is 48.9 Å². The number of hydrogen-bond acceptors (Lipinski definition) is 6. The lowest BCUT2D eigenvalue weighted by molar-refractivity contribution is -0.140. The molecule has 0 unspecified atom stereocenters. The van der Waals surface area contributed by atoms with Crippen LogP contribution in [0.3, 0.4) is 0 Å². The lowest BCUT2D eigenvalue weighted by atomic mass is 10.1. The zero-order valence-electron chi connectivity index (χ0n) is 22.4. The van der Waals surface area contributed by atoms with E-state index in [0.29, 0.717) is 42.7 Å². The zero-order chi connectivity index (χ0) is 28.7. The molecule has 0 fully saturated rings. The van der Waals surface area contributed by atoms with Gasteiger partial charge in [0.05, 0.1) is 10.6 Å². The van der Waals surface area contributed by atoms with Gasteiger partial charge in [-0.25, -0.2) is 8.42 Å². The highest BCUT2D eigenvalue weighted by Gasteiger charge is 2.34. The first-order chi connectivity index (χ1) is 19.2. The Balaban J connectivity index is 1.75. The smallest absolute Gasteiger partial charge is 0.264 e. The van der Waals surface area contributed by atoms with Crippen molar-refractivity contribution in [2.24, 2.45) is 0 Å². The predicted octanol–water partition coefficient (Wildman–Crippen LogP) is 4.25. The first kappa shape index (κ1) is 29.2. The van der Waals surface area contributed by atoms with Crippen LogP contribution in [0.1, 0.15) is 25.8 Å². The summed E-state index contributed by atoms with van der Waals surface area (Å²) in [6.45, 7) is 4.25. The number of rotatable bonds is 11. The van der Waals surface area contributed by atoms with Crippen LogP contribution in [0.2, 0.25) is 5.02 Å². The summed E-state index contributed by atoms with van der Waals surface area (Å²) in [5.74, 6) is 0.0211. The van der Waals surface area contributed by atoms with Gasteiger partial charge in [-0.05, 0) is 55.3 Å². The number of carbonyl (C=O) groups excluding carboxylic acids is 2. The van der Waals surface area contributed by atoms with E-state index >= 15 is 0 Å². The predicted molar refractivity (Wildman–Crippen MR) is 153 cm³/mol. The summed E-state index contributed by atoms with van der Waals surface area (Å²) >= 11 is 6.05. The van der Waals surface area contributed by atoms with Crippen molar-refractivity contribution < 1.29 is 27.5 Å². The van der Waals surface area contributed by atoms with Crippen molar-refractivity contribution in [2.45, 2.75) is 37.8 Å². The van der Waals surface area contributed by atoms with E-state index in [2.05, 4.69) is 5.32 Å². The Morgan fingerprint density at radius 1 is 0.950 bits per heavy atom. The maximum atomic E-state index is 14.0. The number of nitrogens with zero attached hydrogens (tertiary/aromatic N) is 2. The van der Waals surface area contributed by atoms with Crippen molar-refractivity contribution in [3.63, 3.8) is 0 Å². The van der Waals surface area contributed by atoms with Crippen molar-refractivity contribution in [1.82, 2.24) is 10.2 Å². The monoisotopic (exact) mass is 585 g/mol. The van der Waals surface area contributed by atoms with Crippen molar-refractivity contribution >= 4 is 39.1 Å². The summed E-state index contributed by atoms with van der Waals surface area (Å²) in [6, 6.07) is 18.8. The first-order valence-electron chi connectivity index (χ1n) is 13.0. The van der Waals surface area contributed by atoms with E-state index in [-0.39, 0.29) is 23.0 Å². The van der Waals surface area contributed by atoms with E-state index in [9.17, 15) is 18.0 Å². The summed E-state index contributed by atoms with van der Waals surface area (Å²) in [6.07, 6.45) is 0.334. The zero-order valence-corrected chi connectivity index (χ0v) is 24.0. The highest BCUT2D eigenvalue weighted by molar-refractivity contribution is 7.92. The maximum Gasteiger partial charge on any atom is 0.264 e. The molecule has 1 N–H and O–H groups in total. The molecule has 212 valence electrons. The minimum Gasteiger partial charge on any atom is -0.486 e. The number of amides is 2. The average molecular weight is 586 g/mol. The van der Waals surface area contributed by atoms with Crippen LogP contribution in [0.4, 0.5) is 5.69 Å². The molecule has 9 nitrogen and oxygen atoms in total. The third-order valence-electron chi connectivity index (χ3n) is 6.43. The van der Waals surface area contributed by atoms with Gasteiger partial charge in [-0.2, -0.15) is 0 Å². The molecule has 4 rings (SSSR count). The Bertz CT molecular complexity index is 1430. The number of sulfonamides is 1. The second kappa shape index (κ2) is 13.1. The third-order valence-corrected chi connectivity index (χ3v) is 8.47. The molecule has 0 radical (unpaired) electrons. The summed E-state index contributed by atoms with van der Waals surface area (Å²) in [5, 5.41) is 3.32. The Morgan fingerprint density at radius 3 is 2.27 bits per heavy atom. The maximum absolute atomic E-state index is 14.0. The number of fused-ring (bicyclic) bond motifs is 1. The van der Waals surface area contributed by atoms with Crippen molar-refractivity contribution in [2.75, 3.05) is 30.6 Å². The largest absolute Gasteiger partial charge is 0.486 e. The van der Waals surface area contributed by atoms with Gasteiger partial charge in [-0.15, -0.1) is 0 Å². The lowest BCUT2D eigenvalue weighted by Crippen LogP contribution is -2.52. The molecule has 0 saturated carbocycles. The summed E-state index contributed by atoms with van der Waals surface area (Å²) in [7, 11) is -4.18. The number of benzene rings is 3. The van der Waals surface area contributed by atoms with E-state index < -0.39 is 28.5 Å². The van der Waals surface area contributed by atoms with Gasteiger partial charge in [0.2, 0.25) is 11.8 Å².